The molecule has 1 heteroatoms. The van der Waals surface area contributed by atoms with Crippen LogP contribution in [0.25, 0.3) is 0 Å². The zero-order chi connectivity index (χ0) is 9.47. The van der Waals surface area contributed by atoms with Gasteiger partial charge in [0.1, 0.15) is 5.78 Å². The maximum Gasteiger partial charge on any atom is 0.133 e. The summed E-state index contributed by atoms with van der Waals surface area (Å²) in [7, 11) is 0. The number of hydrogen-bond donors (Lipinski definition) is 0. The maximum absolute atomic E-state index is 11.5. The third kappa shape index (κ3) is 1.33. The van der Waals surface area contributed by atoms with Crippen LogP contribution in [-0.2, 0) is 4.79 Å². The van der Waals surface area contributed by atoms with Gasteiger partial charge in [0.25, 0.3) is 0 Å². The van der Waals surface area contributed by atoms with Crippen molar-refractivity contribution in [1.82, 2.24) is 0 Å². The van der Waals surface area contributed by atoms with Crippen molar-refractivity contribution in [1.29, 1.82) is 0 Å². The Morgan fingerprint density at radius 1 is 1.23 bits per heavy atom. The Bertz CT molecular complexity index is 221. The van der Waals surface area contributed by atoms with E-state index in [1.54, 1.807) is 6.92 Å². The monoisotopic (exact) mass is 180 g/mol. The highest BCUT2D eigenvalue weighted by molar-refractivity contribution is 5.79. The molecule has 0 saturated heterocycles. The van der Waals surface area contributed by atoms with Crippen LogP contribution in [0.2, 0.25) is 0 Å². The van der Waals surface area contributed by atoms with Crippen LogP contribution in [-0.4, -0.2) is 5.78 Å². The fraction of sp³-hybridized carbons (Fsp3) is 0.917. The van der Waals surface area contributed by atoms with E-state index >= 15 is 0 Å². The maximum atomic E-state index is 11.5. The van der Waals surface area contributed by atoms with Gasteiger partial charge in [0.15, 0.2) is 0 Å². The van der Waals surface area contributed by atoms with Crippen LogP contribution >= 0.6 is 0 Å². The van der Waals surface area contributed by atoms with Gasteiger partial charge in [0.2, 0.25) is 0 Å². The zero-order valence-corrected chi connectivity index (χ0v) is 8.81. The topological polar surface area (TPSA) is 17.1 Å². The summed E-state index contributed by atoms with van der Waals surface area (Å²) in [6.07, 6.45) is 7.88. The van der Waals surface area contributed by atoms with E-state index in [-0.39, 0.29) is 0 Å². The van der Waals surface area contributed by atoms with E-state index in [1.165, 1.54) is 32.1 Å². The van der Waals surface area contributed by atoms with Crippen LogP contribution in [0.15, 0.2) is 0 Å². The van der Waals surface area contributed by atoms with E-state index < -0.39 is 0 Å². The summed E-state index contributed by atoms with van der Waals surface area (Å²) in [5.41, 5.74) is 0.379. The zero-order valence-electron chi connectivity index (χ0n) is 8.81. The van der Waals surface area contributed by atoms with Crippen LogP contribution in [0.3, 0.4) is 0 Å². The molecule has 0 radical (unpaired) electrons. The molecule has 1 nitrogen and oxygen atoms in total. The van der Waals surface area contributed by atoms with Crippen molar-refractivity contribution < 1.29 is 4.79 Å². The Hall–Kier alpha value is -0.330. The van der Waals surface area contributed by atoms with Gasteiger partial charge in [-0.2, -0.15) is 0 Å². The number of ketones is 1. The quantitative estimate of drug-likeness (QED) is 0.605. The Labute approximate surface area is 80.9 Å². The molecule has 0 aromatic carbocycles. The second kappa shape index (κ2) is 3.11. The Kier molecular flexibility index (Phi) is 2.21. The van der Waals surface area contributed by atoms with Crippen molar-refractivity contribution >= 4 is 5.78 Å². The molecule has 2 saturated carbocycles. The SMILES string of the molecule is CC(=O)[C@@H]1CC[C@@H]2CCCC[C@]21C. The predicted molar refractivity (Wildman–Crippen MR) is 53.5 cm³/mol. The van der Waals surface area contributed by atoms with Crippen molar-refractivity contribution in [3.8, 4) is 0 Å². The summed E-state index contributed by atoms with van der Waals surface area (Å²) in [5, 5.41) is 0. The normalized spacial score (nSPS) is 44.5. The van der Waals surface area contributed by atoms with Gasteiger partial charge >= 0.3 is 0 Å². The lowest BCUT2D eigenvalue weighted by molar-refractivity contribution is -0.124. The van der Waals surface area contributed by atoms with E-state index in [9.17, 15) is 4.79 Å². The molecule has 0 bridgehead atoms. The number of rotatable bonds is 1. The van der Waals surface area contributed by atoms with Crippen molar-refractivity contribution in [3.63, 3.8) is 0 Å². The number of carbonyl (C=O) groups is 1. The first-order chi connectivity index (χ1) is 6.14. The molecule has 0 N–H and O–H groups in total. The van der Waals surface area contributed by atoms with Gasteiger partial charge in [0, 0.05) is 5.92 Å². The van der Waals surface area contributed by atoms with Gasteiger partial charge < -0.3 is 0 Å². The van der Waals surface area contributed by atoms with Crippen LogP contribution in [0.1, 0.15) is 52.4 Å². The fourth-order valence-electron chi connectivity index (χ4n) is 3.73. The van der Waals surface area contributed by atoms with E-state index in [0.29, 0.717) is 17.1 Å². The molecule has 74 valence electrons. The van der Waals surface area contributed by atoms with Gasteiger partial charge in [0.05, 0.1) is 0 Å². The molecule has 2 rings (SSSR count). The van der Waals surface area contributed by atoms with Crippen LogP contribution in [0, 0.1) is 17.3 Å². The Morgan fingerprint density at radius 2 is 2.00 bits per heavy atom. The van der Waals surface area contributed by atoms with Crippen LogP contribution in [0.5, 0.6) is 0 Å². The largest absolute Gasteiger partial charge is 0.300 e. The standard InChI is InChI=1S/C12H20O/c1-9(13)11-7-6-10-5-3-4-8-12(10,11)2/h10-11H,3-8H2,1-2H3/t10-,11-,12+/m0/s1. The molecule has 0 spiro atoms. The molecule has 0 aromatic rings. The van der Waals surface area contributed by atoms with Crippen molar-refractivity contribution in [2.24, 2.45) is 17.3 Å². The summed E-state index contributed by atoms with van der Waals surface area (Å²) < 4.78 is 0. The average Bonchev–Trinajstić information content (AvgIpc) is 2.41. The Balaban J connectivity index is 2.20. The molecule has 2 fully saturated rings. The molecule has 0 heterocycles. The molecule has 2 aliphatic rings. The van der Waals surface area contributed by atoms with Crippen LogP contribution in [0.4, 0.5) is 0 Å². The Morgan fingerprint density at radius 3 is 2.69 bits per heavy atom. The van der Waals surface area contributed by atoms with Gasteiger partial charge in [-0.15, -0.1) is 0 Å². The van der Waals surface area contributed by atoms with Crippen molar-refractivity contribution in [2.75, 3.05) is 0 Å². The second-order valence-electron chi connectivity index (χ2n) is 5.19. The van der Waals surface area contributed by atoms with Gasteiger partial charge in [-0.05, 0) is 43.9 Å². The third-order valence-electron chi connectivity index (χ3n) is 4.54. The first-order valence-corrected chi connectivity index (χ1v) is 5.65. The van der Waals surface area contributed by atoms with E-state index in [4.69, 9.17) is 0 Å². The number of Topliss-reactive ketones (excluding diaryl/α,β-unsaturated/α-hetero) is 1. The predicted octanol–water partition coefficient (Wildman–Crippen LogP) is 3.18. The van der Waals surface area contributed by atoms with E-state index in [0.717, 1.165) is 12.3 Å². The highest BCUT2D eigenvalue weighted by Gasteiger charge is 2.48. The van der Waals surface area contributed by atoms with Gasteiger partial charge in [-0.3, -0.25) is 4.79 Å². The minimum absolute atomic E-state index is 0.379. The lowest BCUT2D eigenvalue weighted by atomic mass is 9.65. The summed E-state index contributed by atoms with van der Waals surface area (Å²) in [6.45, 7) is 4.14. The average molecular weight is 180 g/mol. The molecule has 0 unspecified atom stereocenters. The molecule has 0 aliphatic heterocycles. The smallest absolute Gasteiger partial charge is 0.133 e. The minimum Gasteiger partial charge on any atom is -0.300 e. The molecule has 13 heavy (non-hydrogen) atoms. The summed E-state index contributed by atoms with van der Waals surface area (Å²) >= 11 is 0. The first kappa shape index (κ1) is 9.23. The van der Waals surface area contributed by atoms with Crippen molar-refractivity contribution in [2.45, 2.75) is 52.4 Å². The molecular weight excluding hydrogens is 160 g/mol. The minimum atomic E-state index is 0.379. The van der Waals surface area contributed by atoms with Gasteiger partial charge in [-0.1, -0.05) is 19.8 Å². The second-order valence-corrected chi connectivity index (χ2v) is 5.19. The van der Waals surface area contributed by atoms with E-state index in [2.05, 4.69) is 6.92 Å². The van der Waals surface area contributed by atoms with Crippen molar-refractivity contribution in [3.05, 3.63) is 0 Å². The van der Waals surface area contributed by atoms with E-state index in [1.807, 2.05) is 0 Å². The third-order valence-corrected chi connectivity index (χ3v) is 4.54. The number of carbonyl (C=O) groups excluding carboxylic acids is 1. The summed E-state index contributed by atoms with van der Waals surface area (Å²) in [6, 6.07) is 0. The fourth-order valence-corrected chi connectivity index (χ4v) is 3.73. The lowest BCUT2D eigenvalue weighted by Gasteiger charge is -2.39. The highest BCUT2D eigenvalue weighted by atomic mass is 16.1. The molecule has 3 atom stereocenters. The molecular formula is C12H20O. The summed E-state index contributed by atoms with van der Waals surface area (Å²) in [5.74, 6) is 1.68. The van der Waals surface area contributed by atoms with Gasteiger partial charge in [-0.25, -0.2) is 0 Å². The molecule has 2 aliphatic carbocycles. The lowest BCUT2D eigenvalue weighted by Crippen LogP contribution is -2.34. The molecule has 0 amide bonds. The highest BCUT2D eigenvalue weighted by Crippen LogP contribution is 2.55. The number of hydrogen-bond acceptors (Lipinski definition) is 1. The number of fused-ring (bicyclic) bond motifs is 1. The van der Waals surface area contributed by atoms with Crippen LogP contribution < -0.4 is 0 Å². The molecule has 0 aromatic heterocycles. The summed E-state index contributed by atoms with van der Waals surface area (Å²) in [4.78, 5) is 11.5. The first-order valence-electron chi connectivity index (χ1n) is 5.65.